The Bertz CT molecular complexity index is 1310. The molecular weight excluding hydrogens is 440 g/mol. The highest BCUT2D eigenvalue weighted by molar-refractivity contribution is 6.34. The van der Waals surface area contributed by atoms with Gasteiger partial charge in [0.1, 0.15) is 5.84 Å². The van der Waals surface area contributed by atoms with Gasteiger partial charge in [-0.05, 0) is 55.0 Å². The predicted octanol–water partition coefficient (Wildman–Crippen LogP) is 6.46. The minimum atomic E-state index is -0.469. The van der Waals surface area contributed by atoms with Crippen molar-refractivity contribution >= 4 is 52.1 Å². The van der Waals surface area contributed by atoms with E-state index in [-0.39, 0.29) is 11.5 Å². The van der Waals surface area contributed by atoms with Gasteiger partial charge in [0.05, 0.1) is 21.3 Å². The maximum atomic E-state index is 12.5. The summed E-state index contributed by atoms with van der Waals surface area (Å²) in [5.41, 5.74) is 3.41. The topological polar surface area (TPSA) is 88.2 Å². The fraction of sp³-hybridized carbons (Fsp3) is 0.0800. The number of carbonyl (C=O) groups is 1. The summed E-state index contributed by atoms with van der Waals surface area (Å²) < 4.78 is 0. The first-order chi connectivity index (χ1) is 15.9. The Labute approximate surface area is 195 Å². The van der Waals surface area contributed by atoms with Crippen LogP contribution in [-0.4, -0.2) is 22.3 Å². The summed E-state index contributed by atoms with van der Waals surface area (Å²) in [5, 5.41) is 17.8. The number of halogens is 1. The molecule has 164 valence electrons. The smallest absolute Gasteiger partial charge is 0.270 e. The van der Waals surface area contributed by atoms with E-state index in [2.05, 4.69) is 5.10 Å². The van der Waals surface area contributed by atoms with Crippen molar-refractivity contribution in [2.24, 2.45) is 10.1 Å². The molecule has 0 bridgehead atoms. The number of allylic oxidation sites excluding steroid dienone is 1. The van der Waals surface area contributed by atoms with Crippen LogP contribution in [-0.2, 0) is 0 Å². The van der Waals surface area contributed by atoms with Crippen molar-refractivity contribution in [3.8, 4) is 0 Å². The van der Waals surface area contributed by atoms with Gasteiger partial charge in [-0.2, -0.15) is 5.10 Å². The second-order valence-corrected chi connectivity index (χ2v) is 7.81. The third-order valence-corrected chi connectivity index (χ3v) is 5.25. The second kappa shape index (κ2) is 9.58. The number of hydrogen-bond acceptors (Lipinski definition) is 5. The molecule has 0 radical (unpaired) electrons. The van der Waals surface area contributed by atoms with Crippen LogP contribution < -0.4 is 5.01 Å². The monoisotopic (exact) mass is 458 g/mol. The van der Waals surface area contributed by atoms with Gasteiger partial charge < -0.3 is 0 Å². The van der Waals surface area contributed by atoms with Gasteiger partial charge >= 0.3 is 0 Å². The number of para-hydroxylation sites is 1. The van der Waals surface area contributed by atoms with Crippen molar-refractivity contribution < 1.29 is 9.72 Å². The zero-order chi connectivity index (χ0) is 23.4. The van der Waals surface area contributed by atoms with Gasteiger partial charge in [0.15, 0.2) is 5.78 Å². The average Bonchev–Trinajstić information content (AvgIpc) is 3.18. The summed E-state index contributed by atoms with van der Waals surface area (Å²) in [5.74, 6) is 0.531. The van der Waals surface area contributed by atoms with Crippen LogP contribution in [0, 0.1) is 10.1 Å². The number of hydrazone groups is 1. The molecule has 0 aromatic heterocycles. The predicted molar refractivity (Wildman–Crippen MR) is 132 cm³/mol. The highest BCUT2D eigenvalue weighted by Gasteiger charge is 2.22. The highest BCUT2D eigenvalue weighted by Crippen LogP contribution is 2.30. The van der Waals surface area contributed by atoms with E-state index in [4.69, 9.17) is 16.6 Å². The Morgan fingerprint density at radius 3 is 2.61 bits per heavy atom. The van der Waals surface area contributed by atoms with Crippen molar-refractivity contribution in [1.82, 2.24) is 0 Å². The first kappa shape index (κ1) is 22.1. The minimum Gasteiger partial charge on any atom is -0.289 e. The summed E-state index contributed by atoms with van der Waals surface area (Å²) >= 11 is 6.33. The molecule has 1 aliphatic rings. The van der Waals surface area contributed by atoms with Crippen LogP contribution in [0.2, 0.25) is 5.02 Å². The van der Waals surface area contributed by atoms with Crippen molar-refractivity contribution in [3.05, 3.63) is 105 Å². The van der Waals surface area contributed by atoms with E-state index in [1.807, 2.05) is 25.1 Å². The summed E-state index contributed by atoms with van der Waals surface area (Å²) in [7, 11) is 0. The molecule has 0 amide bonds. The number of rotatable bonds is 6. The third-order valence-electron chi connectivity index (χ3n) is 4.93. The zero-order valence-corrected chi connectivity index (χ0v) is 18.4. The molecule has 8 heteroatoms. The molecule has 3 aromatic carbocycles. The van der Waals surface area contributed by atoms with Gasteiger partial charge in [-0.1, -0.05) is 41.9 Å². The Kier molecular flexibility index (Phi) is 6.42. The van der Waals surface area contributed by atoms with E-state index in [9.17, 15) is 14.9 Å². The van der Waals surface area contributed by atoms with Gasteiger partial charge in [0.25, 0.3) is 5.69 Å². The number of nitrogens with zero attached hydrogens (tertiary/aromatic N) is 4. The first-order valence-electron chi connectivity index (χ1n) is 10.1. The Balaban J connectivity index is 1.50. The minimum absolute atomic E-state index is 0.0231. The van der Waals surface area contributed by atoms with Gasteiger partial charge in [-0.3, -0.25) is 14.9 Å². The van der Waals surface area contributed by atoms with E-state index in [0.717, 1.165) is 17.2 Å². The number of nitro groups is 1. The summed E-state index contributed by atoms with van der Waals surface area (Å²) in [6.07, 6.45) is 3.55. The molecule has 1 heterocycles. The third kappa shape index (κ3) is 5.22. The second-order valence-electron chi connectivity index (χ2n) is 7.40. The zero-order valence-electron chi connectivity index (χ0n) is 17.7. The summed E-state index contributed by atoms with van der Waals surface area (Å²) in [6, 6.07) is 20.5. The Morgan fingerprint density at radius 1 is 1.12 bits per heavy atom. The fourth-order valence-electron chi connectivity index (χ4n) is 3.33. The first-order valence-corrected chi connectivity index (χ1v) is 10.5. The van der Waals surface area contributed by atoms with E-state index < -0.39 is 4.92 Å². The number of nitro benzene ring substituents is 1. The molecule has 0 unspecified atom stereocenters. The molecule has 33 heavy (non-hydrogen) atoms. The average molecular weight is 459 g/mol. The molecule has 0 aliphatic carbocycles. The van der Waals surface area contributed by atoms with Crippen molar-refractivity contribution in [2.75, 3.05) is 5.01 Å². The van der Waals surface area contributed by atoms with Gasteiger partial charge in [-0.15, -0.1) is 0 Å². The van der Waals surface area contributed by atoms with Crippen LogP contribution >= 0.6 is 11.6 Å². The maximum absolute atomic E-state index is 12.5. The Morgan fingerprint density at radius 2 is 1.88 bits per heavy atom. The molecule has 0 spiro atoms. The normalized spacial score (nSPS) is 14.7. The van der Waals surface area contributed by atoms with Gasteiger partial charge in [-0.25, -0.2) is 10.0 Å². The molecule has 4 rings (SSSR count). The molecule has 7 nitrogen and oxygen atoms in total. The molecule has 1 aliphatic heterocycles. The number of hydrogen-bond donors (Lipinski definition) is 0. The van der Waals surface area contributed by atoms with E-state index in [0.29, 0.717) is 28.3 Å². The number of anilines is 1. The number of ketones is 1. The van der Waals surface area contributed by atoms with Gasteiger partial charge in [0.2, 0.25) is 0 Å². The number of aliphatic imine (C=N–C) groups is 1. The highest BCUT2D eigenvalue weighted by atomic mass is 35.5. The number of non-ortho nitro benzene ring substituents is 1. The number of carbonyl (C=O) groups excluding carboxylic acids is 1. The molecule has 0 atom stereocenters. The number of benzene rings is 3. The lowest BCUT2D eigenvalue weighted by molar-refractivity contribution is -0.384. The molecule has 0 N–H and O–H groups in total. The van der Waals surface area contributed by atoms with Crippen LogP contribution in [0.25, 0.3) is 6.08 Å². The van der Waals surface area contributed by atoms with Crippen molar-refractivity contribution in [3.63, 3.8) is 0 Å². The lowest BCUT2D eigenvalue weighted by Crippen LogP contribution is -2.20. The lowest BCUT2D eigenvalue weighted by atomic mass is 10.1. The standard InChI is InChI=1S/C25H19ClN4O3/c1-17-15-25(29(28-17)23-8-3-2-7-22(23)26)27-20-12-10-19(11-13-20)24(31)14-9-18-5-4-6-21(16-18)30(32)33/h2-14,16H,15H2,1H3/b14-9+,27-25?. The largest absolute Gasteiger partial charge is 0.289 e. The van der Waals surface area contributed by atoms with Crippen LogP contribution in [0.15, 0.2) is 89.0 Å². The van der Waals surface area contributed by atoms with E-state index in [1.54, 1.807) is 53.5 Å². The summed E-state index contributed by atoms with van der Waals surface area (Å²) in [6.45, 7) is 1.93. The maximum Gasteiger partial charge on any atom is 0.270 e. The molecule has 0 saturated carbocycles. The quantitative estimate of drug-likeness (QED) is 0.183. The SMILES string of the molecule is CC1=NN(c2ccccc2Cl)C(=Nc2ccc(C(=O)/C=C/c3cccc([N+](=O)[O-])c3)cc2)C1. The molecule has 0 saturated heterocycles. The van der Waals surface area contributed by atoms with Gasteiger partial charge in [0, 0.05) is 29.8 Å². The number of amidine groups is 1. The Hall–Kier alpha value is -4.10. The van der Waals surface area contributed by atoms with Crippen molar-refractivity contribution in [1.29, 1.82) is 0 Å². The van der Waals surface area contributed by atoms with Crippen LogP contribution in [0.5, 0.6) is 0 Å². The molecule has 3 aromatic rings. The van der Waals surface area contributed by atoms with E-state index in [1.165, 1.54) is 18.2 Å². The van der Waals surface area contributed by atoms with Crippen LogP contribution in [0.4, 0.5) is 17.1 Å². The van der Waals surface area contributed by atoms with E-state index >= 15 is 0 Å². The van der Waals surface area contributed by atoms with Crippen molar-refractivity contribution in [2.45, 2.75) is 13.3 Å². The lowest BCUT2D eigenvalue weighted by Gasteiger charge is -2.16. The summed E-state index contributed by atoms with van der Waals surface area (Å²) in [4.78, 5) is 27.6. The van der Waals surface area contributed by atoms with Crippen LogP contribution in [0.1, 0.15) is 29.3 Å². The fourth-order valence-corrected chi connectivity index (χ4v) is 3.55. The molecule has 0 fully saturated rings. The molecular formula is C25H19ClN4O3. The van der Waals surface area contributed by atoms with Crippen LogP contribution in [0.3, 0.4) is 0 Å².